The molecule has 0 aromatic rings. The van der Waals surface area contributed by atoms with Crippen LogP contribution in [-0.2, 0) is 9.47 Å². The molecule has 0 N–H and O–H groups in total. The zero-order valence-corrected chi connectivity index (χ0v) is 16.3. The third-order valence-electron chi connectivity index (χ3n) is 1.49. The van der Waals surface area contributed by atoms with Crippen LogP contribution in [0.2, 0.25) is 0 Å². The Morgan fingerprint density at radius 1 is 0.800 bits per heavy atom. The zero-order chi connectivity index (χ0) is 20.0. The van der Waals surface area contributed by atoms with Gasteiger partial charge in [-0.2, -0.15) is 0 Å². The van der Waals surface area contributed by atoms with Crippen LogP contribution in [0, 0.1) is 0 Å². The Balaban J connectivity index is -0.0000000771. The number of hydrogen-bond donors (Lipinski definition) is 0. The second-order valence-electron chi connectivity index (χ2n) is 3.74. The van der Waals surface area contributed by atoms with Gasteiger partial charge in [0.25, 0.3) is 0 Å². The maximum absolute atomic E-state index is 9.75. The fraction of sp³-hybridized carbons (Fsp3) is 1.00. The SMILES string of the molecule is CCOC1CCCCO1.F[B-](F)(F)F.F[B-](F)(F)F.F[B-](F)(F)F.[H-].[K+]. The summed E-state index contributed by atoms with van der Waals surface area (Å²) in [4.78, 5) is 0. The van der Waals surface area contributed by atoms with Crippen LogP contribution in [0.5, 0.6) is 0 Å². The van der Waals surface area contributed by atoms with E-state index in [0.717, 1.165) is 19.6 Å². The Kier molecular flexibility index (Phi) is 22.8. The van der Waals surface area contributed by atoms with Crippen molar-refractivity contribution in [3.05, 3.63) is 0 Å². The molecule has 1 unspecified atom stereocenters. The molecule has 1 aliphatic heterocycles. The quantitative estimate of drug-likeness (QED) is 0.495. The minimum Gasteiger partial charge on any atom is -1.00 e. The number of halogens is 12. The van der Waals surface area contributed by atoms with Crippen molar-refractivity contribution in [2.45, 2.75) is 32.5 Å². The third kappa shape index (κ3) is 92.2. The molecule has 1 rings (SSSR count). The average Bonchev–Trinajstić information content (AvgIpc) is 2.23. The summed E-state index contributed by atoms with van der Waals surface area (Å²) in [5, 5.41) is 0. The molecular weight excluding hydrogens is 416 g/mol. The standard InChI is InChI=1S/C7H14O2.3BF4.K.H/c1-2-8-7-5-3-4-6-9-7;3*2-1(3,4)5;;/h7H,2-6H2,1H3;;;;;/q;3*-1;+1;-1. The first-order valence-electron chi connectivity index (χ1n) is 6.28. The van der Waals surface area contributed by atoms with Crippen LogP contribution in [0.25, 0.3) is 0 Å². The zero-order valence-electron chi connectivity index (χ0n) is 14.2. The molecule has 0 amide bonds. The molecule has 0 aromatic carbocycles. The van der Waals surface area contributed by atoms with Crippen molar-refractivity contribution in [1.82, 2.24) is 0 Å². The molecule has 0 aromatic heterocycles. The fourth-order valence-electron chi connectivity index (χ4n) is 1.03. The first kappa shape index (κ1) is 33.5. The Labute approximate surface area is 180 Å². The van der Waals surface area contributed by atoms with E-state index in [9.17, 15) is 51.8 Å². The van der Waals surface area contributed by atoms with E-state index >= 15 is 0 Å². The Hall–Kier alpha value is 0.911. The van der Waals surface area contributed by atoms with Gasteiger partial charge in [0.2, 0.25) is 0 Å². The van der Waals surface area contributed by atoms with Crippen molar-refractivity contribution < 1.29 is 114 Å². The van der Waals surface area contributed by atoms with Gasteiger partial charge in [0.15, 0.2) is 6.29 Å². The van der Waals surface area contributed by atoms with E-state index in [4.69, 9.17) is 9.47 Å². The van der Waals surface area contributed by atoms with Crippen molar-refractivity contribution in [1.29, 1.82) is 0 Å². The molecule has 25 heavy (non-hydrogen) atoms. The van der Waals surface area contributed by atoms with Gasteiger partial charge in [-0.05, 0) is 26.2 Å². The normalized spacial score (nSPS) is 17.4. The van der Waals surface area contributed by atoms with Gasteiger partial charge in [-0.15, -0.1) is 0 Å². The number of ether oxygens (including phenoxy) is 2. The van der Waals surface area contributed by atoms with Gasteiger partial charge in [0.1, 0.15) is 0 Å². The van der Waals surface area contributed by atoms with Crippen LogP contribution in [0.4, 0.5) is 51.8 Å². The maximum atomic E-state index is 9.75. The molecule has 0 saturated carbocycles. The Bertz CT molecular complexity index is 238. The van der Waals surface area contributed by atoms with Crippen molar-refractivity contribution in [3.8, 4) is 0 Å². The first-order chi connectivity index (χ1) is 10.4. The van der Waals surface area contributed by atoms with Crippen LogP contribution in [-0.4, -0.2) is 41.3 Å². The van der Waals surface area contributed by atoms with E-state index in [1.165, 1.54) is 12.8 Å². The van der Waals surface area contributed by atoms with Crippen molar-refractivity contribution in [2.75, 3.05) is 13.2 Å². The predicted octanol–water partition coefficient (Wildman–Crippen LogP) is 2.57. The van der Waals surface area contributed by atoms with Crippen molar-refractivity contribution in [3.63, 3.8) is 0 Å². The second kappa shape index (κ2) is 17.0. The van der Waals surface area contributed by atoms with E-state index < -0.39 is 21.8 Å². The van der Waals surface area contributed by atoms with Crippen LogP contribution in [0.1, 0.15) is 27.6 Å². The minimum absolute atomic E-state index is 0. The smallest absolute Gasteiger partial charge is 1.00 e. The first-order valence-corrected chi connectivity index (χ1v) is 6.28. The van der Waals surface area contributed by atoms with Gasteiger partial charge >= 0.3 is 73.1 Å². The monoisotopic (exact) mass is 431 g/mol. The predicted molar refractivity (Wildman–Crippen MR) is 66.9 cm³/mol. The van der Waals surface area contributed by atoms with E-state index in [0.29, 0.717) is 0 Å². The molecule has 0 aliphatic carbocycles. The molecule has 1 saturated heterocycles. The molecule has 1 heterocycles. The van der Waals surface area contributed by atoms with E-state index in [2.05, 4.69) is 0 Å². The molecule has 1 fully saturated rings. The van der Waals surface area contributed by atoms with Crippen molar-refractivity contribution in [2.24, 2.45) is 0 Å². The number of rotatable bonds is 2. The summed E-state index contributed by atoms with van der Waals surface area (Å²) >= 11 is 0. The second-order valence-corrected chi connectivity index (χ2v) is 3.74. The summed E-state index contributed by atoms with van der Waals surface area (Å²) in [7, 11) is -18.0. The van der Waals surface area contributed by atoms with E-state index in [1.807, 2.05) is 6.92 Å². The Morgan fingerprint density at radius 2 is 1.12 bits per heavy atom. The minimum atomic E-state index is -6.00. The molecule has 2 nitrogen and oxygen atoms in total. The molecule has 18 heteroatoms. The van der Waals surface area contributed by atoms with Gasteiger partial charge < -0.3 is 62.7 Å². The summed E-state index contributed by atoms with van der Waals surface area (Å²) in [6, 6.07) is 0. The summed E-state index contributed by atoms with van der Waals surface area (Å²) in [5.74, 6) is 0. The molecule has 1 aliphatic rings. The topological polar surface area (TPSA) is 18.5 Å². The molecule has 152 valence electrons. The van der Waals surface area contributed by atoms with Gasteiger partial charge in [0, 0.05) is 13.2 Å². The molecule has 0 spiro atoms. The average molecular weight is 431 g/mol. The van der Waals surface area contributed by atoms with Crippen LogP contribution >= 0.6 is 0 Å². The maximum Gasteiger partial charge on any atom is 1.00 e. The van der Waals surface area contributed by atoms with E-state index in [-0.39, 0.29) is 59.1 Å². The van der Waals surface area contributed by atoms with Crippen LogP contribution < -0.4 is 51.4 Å². The summed E-state index contributed by atoms with van der Waals surface area (Å²) in [6.07, 6.45) is 3.63. The van der Waals surface area contributed by atoms with E-state index in [1.54, 1.807) is 0 Å². The molecule has 1 atom stereocenters. The van der Waals surface area contributed by atoms with Gasteiger partial charge in [0.05, 0.1) is 0 Å². The van der Waals surface area contributed by atoms with Crippen molar-refractivity contribution >= 4 is 21.8 Å². The Morgan fingerprint density at radius 3 is 1.32 bits per heavy atom. The van der Waals surface area contributed by atoms with Crippen LogP contribution in [0.15, 0.2) is 0 Å². The van der Waals surface area contributed by atoms with Gasteiger partial charge in [-0.3, -0.25) is 0 Å². The largest absolute Gasteiger partial charge is 1.00 e. The van der Waals surface area contributed by atoms with Gasteiger partial charge in [-0.25, -0.2) is 0 Å². The fourth-order valence-corrected chi connectivity index (χ4v) is 1.03. The van der Waals surface area contributed by atoms with Crippen LogP contribution in [0.3, 0.4) is 0 Å². The third-order valence-corrected chi connectivity index (χ3v) is 1.49. The number of hydrogen-bond acceptors (Lipinski definition) is 2. The molecule has 0 radical (unpaired) electrons. The summed E-state index contributed by atoms with van der Waals surface area (Å²) < 4.78 is 128. The molecule has 0 bridgehead atoms. The molecular formula is C7H15B3F12KO2-3. The summed E-state index contributed by atoms with van der Waals surface area (Å²) in [5.41, 5.74) is 0. The summed E-state index contributed by atoms with van der Waals surface area (Å²) in [6.45, 7) is 3.65. The van der Waals surface area contributed by atoms with Gasteiger partial charge in [-0.1, -0.05) is 0 Å².